The first kappa shape index (κ1) is 10.7. The van der Waals surface area contributed by atoms with Crippen LogP contribution >= 0.6 is 0 Å². The third kappa shape index (κ3) is 3.18. The highest BCUT2D eigenvalue weighted by Crippen LogP contribution is 2.10. The third-order valence-electron chi connectivity index (χ3n) is 1.70. The van der Waals surface area contributed by atoms with Gasteiger partial charge < -0.3 is 15.8 Å². The van der Waals surface area contributed by atoms with Gasteiger partial charge in [0, 0.05) is 18.3 Å². The van der Waals surface area contributed by atoms with Crippen LogP contribution in [-0.2, 0) is 0 Å². The quantitative estimate of drug-likeness (QED) is 0.673. The minimum absolute atomic E-state index is 0.389. The Morgan fingerprint density at radius 1 is 1.50 bits per heavy atom. The maximum absolute atomic E-state index is 5.38. The van der Waals surface area contributed by atoms with Crippen LogP contribution < -0.4 is 15.8 Å². The smallest absolute Gasteiger partial charge is 0.318 e. The number of nitrogens with zero attached hydrogens (tertiary/aromatic N) is 2. The predicted molar refractivity (Wildman–Crippen MR) is 55.5 cm³/mol. The fourth-order valence-corrected chi connectivity index (χ4v) is 1.04. The monoisotopic (exact) mass is 196 g/mol. The number of anilines is 1. The molecular formula is C9H16N4O. The lowest BCUT2D eigenvalue weighted by molar-refractivity contribution is 0.379. The molecule has 0 aliphatic rings. The number of hydrogen-bond donors (Lipinski definition) is 2. The Labute approximate surface area is 83.7 Å². The van der Waals surface area contributed by atoms with Crippen molar-refractivity contribution in [2.45, 2.75) is 13.3 Å². The molecular weight excluding hydrogens is 180 g/mol. The van der Waals surface area contributed by atoms with Gasteiger partial charge in [-0.25, -0.2) is 4.98 Å². The van der Waals surface area contributed by atoms with Gasteiger partial charge in [0.15, 0.2) is 0 Å². The van der Waals surface area contributed by atoms with Gasteiger partial charge >= 0.3 is 6.01 Å². The van der Waals surface area contributed by atoms with E-state index in [-0.39, 0.29) is 0 Å². The molecule has 0 bridgehead atoms. The molecule has 3 N–H and O–H groups in total. The topological polar surface area (TPSA) is 73.1 Å². The van der Waals surface area contributed by atoms with Crippen molar-refractivity contribution in [1.82, 2.24) is 9.97 Å². The SMILES string of the molecule is COc1nc(C)cc(NCCCN)n1. The number of nitrogens with one attached hydrogen (secondary N) is 1. The van der Waals surface area contributed by atoms with Crippen LogP contribution in [0.5, 0.6) is 6.01 Å². The average molecular weight is 196 g/mol. The molecule has 78 valence electrons. The van der Waals surface area contributed by atoms with Crippen LogP contribution in [0.4, 0.5) is 5.82 Å². The number of rotatable bonds is 5. The van der Waals surface area contributed by atoms with Gasteiger partial charge in [-0.3, -0.25) is 0 Å². The first-order chi connectivity index (χ1) is 6.76. The largest absolute Gasteiger partial charge is 0.467 e. The highest BCUT2D eigenvalue weighted by molar-refractivity contribution is 5.36. The summed E-state index contributed by atoms with van der Waals surface area (Å²) in [4.78, 5) is 8.22. The van der Waals surface area contributed by atoms with Crippen LogP contribution in [0.1, 0.15) is 12.1 Å². The van der Waals surface area contributed by atoms with E-state index in [1.54, 1.807) is 7.11 Å². The number of ether oxygens (including phenoxy) is 1. The molecule has 1 aromatic rings. The summed E-state index contributed by atoms with van der Waals surface area (Å²) in [6, 6.07) is 2.26. The Bertz CT molecular complexity index is 290. The number of aryl methyl sites for hydroxylation is 1. The molecule has 0 aliphatic heterocycles. The molecule has 0 radical (unpaired) electrons. The van der Waals surface area contributed by atoms with Gasteiger partial charge in [0.25, 0.3) is 0 Å². The van der Waals surface area contributed by atoms with Gasteiger partial charge in [0.05, 0.1) is 7.11 Å². The van der Waals surface area contributed by atoms with Crippen LogP contribution in [0.2, 0.25) is 0 Å². The second-order valence-corrected chi connectivity index (χ2v) is 2.95. The van der Waals surface area contributed by atoms with Gasteiger partial charge in [0.1, 0.15) is 5.82 Å². The van der Waals surface area contributed by atoms with Gasteiger partial charge in [-0.15, -0.1) is 0 Å². The normalized spacial score (nSPS) is 9.93. The maximum Gasteiger partial charge on any atom is 0.318 e. The zero-order chi connectivity index (χ0) is 10.4. The summed E-state index contributed by atoms with van der Waals surface area (Å²) >= 11 is 0. The zero-order valence-corrected chi connectivity index (χ0v) is 8.58. The van der Waals surface area contributed by atoms with Crippen LogP contribution in [0.3, 0.4) is 0 Å². The van der Waals surface area contributed by atoms with E-state index in [2.05, 4.69) is 15.3 Å². The molecule has 5 heteroatoms. The van der Waals surface area contributed by atoms with Gasteiger partial charge in [-0.2, -0.15) is 4.98 Å². The van der Waals surface area contributed by atoms with Crippen molar-refractivity contribution in [3.63, 3.8) is 0 Å². The molecule has 0 atom stereocenters. The summed E-state index contributed by atoms with van der Waals surface area (Å²) in [5, 5.41) is 3.15. The van der Waals surface area contributed by atoms with Crippen molar-refractivity contribution in [3.8, 4) is 6.01 Å². The summed E-state index contributed by atoms with van der Waals surface area (Å²) in [6.07, 6.45) is 0.922. The van der Waals surface area contributed by atoms with E-state index in [0.717, 1.165) is 24.5 Å². The van der Waals surface area contributed by atoms with Crippen LogP contribution in [0.25, 0.3) is 0 Å². The minimum atomic E-state index is 0.389. The number of hydrogen-bond acceptors (Lipinski definition) is 5. The molecule has 0 aliphatic carbocycles. The van der Waals surface area contributed by atoms with Crippen molar-refractivity contribution in [3.05, 3.63) is 11.8 Å². The Balaban J connectivity index is 2.62. The van der Waals surface area contributed by atoms with Crippen LogP contribution in [0.15, 0.2) is 6.07 Å². The molecule has 5 nitrogen and oxygen atoms in total. The lowest BCUT2D eigenvalue weighted by Gasteiger charge is -2.06. The fraction of sp³-hybridized carbons (Fsp3) is 0.556. The first-order valence-corrected chi connectivity index (χ1v) is 4.60. The molecule has 0 spiro atoms. The predicted octanol–water partition coefficient (Wildman–Crippen LogP) is 0.554. The van der Waals surface area contributed by atoms with Crippen molar-refractivity contribution >= 4 is 5.82 Å². The molecule has 1 aromatic heterocycles. The molecule has 14 heavy (non-hydrogen) atoms. The molecule has 0 saturated heterocycles. The van der Waals surface area contributed by atoms with Crippen LogP contribution in [0, 0.1) is 6.92 Å². The Morgan fingerprint density at radius 2 is 2.29 bits per heavy atom. The molecule has 1 rings (SSSR count). The molecule has 0 amide bonds. The van der Waals surface area contributed by atoms with E-state index in [9.17, 15) is 0 Å². The number of nitrogens with two attached hydrogens (primary N) is 1. The maximum atomic E-state index is 5.38. The molecule has 1 heterocycles. The summed E-state index contributed by atoms with van der Waals surface area (Å²) in [5.41, 5.74) is 6.26. The standard InChI is InChI=1S/C9H16N4O/c1-7-6-8(11-5-3-4-10)13-9(12-7)14-2/h6H,3-5,10H2,1-2H3,(H,11,12,13). The van der Waals surface area contributed by atoms with E-state index >= 15 is 0 Å². The van der Waals surface area contributed by atoms with E-state index in [1.165, 1.54) is 0 Å². The first-order valence-electron chi connectivity index (χ1n) is 4.60. The fourth-order valence-electron chi connectivity index (χ4n) is 1.04. The molecule has 0 fully saturated rings. The summed E-state index contributed by atoms with van der Waals surface area (Å²) in [7, 11) is 1.55. The number of aromatic nitrogens is 2. The second kappa shape index (κ2) is 5.39. The van der Waals surface area contributed by atoms with E-state index < -0.39 is 0 Å². The summed E-state index contributed by atoms with van der Waals surface area (Å²) in [5.74, 6) is 0.780. The Kier molecular flexibility index (Phi) is 4.12. The number of methoxy groups -OCH3 is 1. The van der Waals surface area contributed by atoms with Crippen molar-refractivity contribution in [2.75, 3.05) is 25.5 Å². The Hall–Kier alpha value is -1.36. The lowest BCUT2D eigenvalue weighted by Crippen LogP contribution is -2.10. The highest BCUT2D eigenvalue weighted by atomic mass is 16.5. The van der Waals surface area contributed by atoms with E-state index in [4.69, 9.17) is 10.5 Å². The van der Waals surface area contributed by atoms with E-state index in [1.807, 2.05) is 13.0 Å². The van der Waals surface area contributed by atoms with Crippen LogP contribution in [-0.4, -0.2) is 30.2 Å². The van der Waals surface area contributed by atoms with Crippen molar-refractivity contribution < 1.29 is 4.74 Å². The Morgan fingerprint density at radius 3 is 2.93 bits per heavy atom. The molecule has 0 aromatic carbocycles. The van der Waals surface area contributed by atoms with Gasteiger partial charge in [-0.1, -0.05) is 0 Å². The molecule has 0 unspecified atom stereocenters. The van der Waals surface area contributed by atoms with Gasteiger partial charge in [-0.05, 0) is 19.9 Å². The van der Waals surface area contributed by atoms with Crippen molar-refractivity contribution in [1.29, 1.82) is 0 Å². The second-order valence-electron chi connectivity index (χ2n) is 2.95. The molecule has 0 saturated carbocycles. The lowest BCUT2D eigenvalue weighted by atomic mass is 10.4. The zero-order valence-electron chi connectivity index (χ0n) is 8.58. The van der Waals surface area contributed by atoms with Gasteiger partial charge in [0.2, 0.25) is 0 Å². The van der Waals surface area contributed by atoms with E-state index in [0.29, 0.717) is 12.6 Å². The highest BCUT2D eigenvalue weighted by Gasteiger charge is 2.00. The third-order valence-corrected chi connectivity index (χ3v) is 1.70. The minimum Gasteiger partial charge on any atom is -0.467 e. The van der Waals surface area contributed by atoms with Crippen molar-refractivity contribution in [2.24, 2.45) is 5.73 Å². The average Bonchev–Trinajstić information content (AvgIpc) is 2.17. The summed E-state index contributed by atoms with van der Waals surface area (Å²) in [6.45, 7) is 3.39. The summed E-state index contributed by atoms with van der Waals surface area (Å²) < 4.78 is 4.96.